The van der Waals surface area contributed by atoms with Crippen molar-refractivity contribution in [3.05, 3.63) is 31.9 Å². The largest absolute Gasteiger partial charge is 0.395 e. The molecule has 0 amide bonds. The number of nitrogens with zero attached hydrogens (tertiary/aromatic N) is 2. The quantitative estimate of drug-likeness (QED) is 0.450. The molecule has 0 aliphatic heterocycles. The minimum Gasteiger partial charge on any atom is -0.395 e. The summed E-state index contributed by atoms with van der Waals surface area (Å²) in [5.74, 6) is 0. The second kappa shape index (κ2) is 7.64. The van der Waals surface area contributed by atoms with E-state index in [9.17, 15) is 15.2 Å². The van der Waals surface area contributed by atoms with Gasteiger partial charge in [-0.2, -0.15) is 0 Å². The number of hydrogen-bond donors (Lipinski definition) is 1. The lowest BCUT2D eigenvalue weighted by atomic mass is 10.1. The first-order valence-electron chi connectivity index (χ1n) is 6.36. The first-order chi connectivity index (χ1) is 9.04. The average molecular weight is 378 g/mol. The van der Waals surface area contributed by atoms with Gasteiger partial charge in [-0.05, 0) is 47.6 Å². The molecule has 19 heavy (non-hydrogen) atoms. The molecule has 0 aromatic heterocycles. The van der Waals surface area contributed by atoms with Crippen molar-refractivity contribution in [3.63, 3.8) is 0 Å². The fourth-order valence-electron chi connectivity index (χ4n) is 2.18. The maximum Gasteiger partial charge on any atom is 0.282 e. The van der Waals surface area contributed by atoms with Crippen LogP contribution in [0.3, 0.4) is 0 Å². The molecular formula is C13H19IN2O3. The molecule has 106 valence electrons. The third-order valence-electron chi connectivity index (χ3n) is 3.18. The van der Waals surface area contributed by atoms with Crippen LogP contribution in [0.5, 0.6) is 0 Å². The second-order valence-electron chi connectivity index (χ2n) is 4.28. The van der Waals surface area contributed by atoms with E-state index in [2.05, 4.69) is 18.7 Å². The molecule has 0 atom stereocenters. The molecule has 0 bridgehead atoms. The molecule has 1 rings (SSSR count). The van der Waals surface area contributed by atoms with Crippen molar-refractivity contribution in [2.24, 2.45) is 0 Å². The third kappa shape index (κ3) is 4.04. The van der Waals surface area contributed by atoms with Crippen LogP contribution >= 0.6 is 22.6 Å². The summed E-state index contributed by atoms with van der Waals surface area (Å²) < 4.78 is 0.619. The van der Waals surface area contributed by atoms with Crippen molar-refractivity contribution in [1.82, 2.24) is 0 Å². The van der Waals surface area contributed by atoms with E-state index in [4.69, 9.17) is 0 Å². The van der Waals surface area contributed by atoms with Gasteiger partial charge in [0.15, 0.2) is 0 Å². The van der Waals surface area contributed by atoms with Crippen molar-refractivity contribution in [2.45, 2.75) is 32.7 Å². The van der Waals surface area contributed by atoms with Crippen LogP contribution in [0.15, 0.2) is 18.2 Å². The zero-order valence-electron chi connectivity index (χ0n) is 11.2. The fraction of sp³-hybridized carbons (Fsp3) is 0.538. The highest BCUT2D eigenvalue weighted by Gasteiger charge is 2.18. The maximum atomic E-state index is 10.8. The van der Waals surface area contributed by atoms with Crippen LogP contribution in [0.25, 0.3) is 0 Å². The average Bonchev–Trinajstić information content (AvgIpc) is 2.38. The topological polar surface area (TPSA) is 66.6 Å². The highest BCUT2D eigenvalue weighted by Crippen LogP contribution is 2.28. The summed E-state index contributed by atoms with van der Waals surface area (Å²) >= 11 is 1.98. The van der Waals surface area contributed by atoms with E-state index in [1.165, 1.54) is 6.07 Å². The minimum atomic E-state index is -0.376. The predicted octanol–water partition coefficient (Wildman–Crippen LogP) is 3.19. The molecule has 6 heteroatoms. The van der Waals surface area contributed by atoms with Gasteiger partial charge in [0.2, 0.25) is 0 Å². The van der Waals surface area contributed by atoms with Gasteiger partial charge in [-0.3, -0.25) is 10.1 Å². The van der Waals surface area contributed by atoms with Gasteiger partial charge in [0.1, 0.15) is 0 Å². The highest BCUT2D eigenvalue weighted by molar-refractivity contribution is 14.1. The van der Waals surface area contributed by atoms with Gasteiger partial charge in [-0.15, -0.1) is 0 Å². The number of hydrogen-bond acceptors (Lipinski definition) is 4. The van der Waals surface area contributed by atoms with Gasteiger partial charge in [-0.25, -0.2) is 0 Å². The molecule has 1 aromatic carbocycles. The molecule has 0 unspecified atom stereocenters. The summed E-state index contributed by atoms with van der Waals surface area (Å²) in [5, 5.41) is 20.0. The number of aliphatic hydroxyl groups is 1. The summed E-state index contributed by atoms with van der Waals surface area (Å²) in [7, 11) is 0. The Morgan fingerprint density at radius 3 is 2.47 bits per heavy atom. The van der Waals surface area contributed by atoms with Crippen LogP contribution in [-0.2, 0) is 0 Å². The van der Waals surface area contributed by atoms with Gasteiger partial charge in [0.05, 0.1) is 15.1 Å². The van der Waals surface area contributed by atoms with E-state index in [1.807, 2.05) is 28.7 Å². The van der Waals surface area contributed by atoms with Crippen LogP contribution in [0.1, 0.15) is 26.7 Å². The van der Waals surface area contributed by atoms with Gasteiger partial charge in [-0.1, -0.05) is 13.8 Å². The van der Waals surface area contributed by atoms with Crippen molar-refractivity contribution >= 4 is 34.0 Å². The molecule has 1 N–H and O–H groups in total. The molecule has 0 saturated carbocycles. The van der Waals surface area contributed by atoms with Crippen molar-refractivity contribution in [1.29, 1.82) is 0 Å². The maximum absolute atomic E-state index is 10.8. The third-order valence-corrected chi connectivity index (χ3v) is 4.05. The van der Waals surface area contributed by atoms with Crippen LogP contribution in [-0.4, -0.2) is 29.2 Å². The molecule has 0 spiro atoms. The zero-order chi connectivity index (χ0) is 14.4. The molecule has 5 nitrogen and oxygen atoms in total. The zero-order valence-corrected chi connectivity index (χ0v) is 13.3. The van der Waals surface area contributed by atoms with Crippen LogP contribution < -0.4 is 4.90 Å². The summed E-state index contributed by atoms with van der Waals surface area (Å²) in [5.41, 5.74) is 1.05. The lowest BCUT2D eigenvalue weighted by Crippen LogP contribution is -2.36. The van der Waals surface area contributed by atoms with Crippen LogP contribution in [0.4, 0.5) is 11.4 Å². The summed E-state index contributed by atoms with van der Waals surface area (Å²) in [4.78, 5) is 12.6. The normalized spacial score (nSPS) is 10.8. The van der Waals surface area contributed by atoms with Crippen molar-refractivity contribution < 1.29 is 10.0 Å². The fourth-order valence-corrected chi connectivity index (χ4v) is 2.88. The number of rotatable bonds is 7. The number of nitro groups is 1. The molecular weight excluding hydrogens is 359 g/mol. The smallest absolute Gasteiger partial charge is 0.282 e. The highest BCUT2D eigenvalue weighted by atomic mass is 127. The molecule has 1 aromatic rings. The van der Waals surface area contributed by atoms with Gasteiger partial charge in [0.25, 0.3) is 5.69 Å². The Morgan fingerprint density at radius 2 is 2.05 bits per heavy atom. The van der Waals surface area contributed by atoms with E-state index in [0.717, 1.165) is 18.5 Å². The molecule has 0 radical (unpaired) electrons. The van der Waals surface area contributed by atoms with Crippen molar-refractivity contribution in [3.8, 4) is 0 Å². The molecule has 0 aliphatic carbocycles. The van der Waals surface area contributed by atoms with Crippen molar-refractivity contribution in [2.75, 3.05) is 18.1 Å². The van der Waals surface area contributed by atoms with Crippen LogP contribution in [0.2, 0.25) is 0 Å². The van der Waals surface area contributed by atoms with Gasteiger partial charge in [0, 0.05) is 24.3 Å². The van der Waals surface area contributed by atoms with Crippen LogP contribution in [0, 0.1) is 13.7 Å². The first-order valence-corrected chi connectivity index (χ1v) is 7.44. The number of benzene rings is 1. The molecule has 0 heterocycles. The Bertz CT molecular complexity index is 436. The summed E-state index contributed by atoms with van der Waals surface area (Å²) in [6.07, 6.45) is 1.95. The molecule has 0 fully saturated rings. The van der Waals surface area contributed by atoms with E-state index in [-0.39, 0.29) is 17.2 Å². The van der Waals surface area contributed by atoms with E-state index >= 15 is 0 Å². The Morgan fingerprint density at radius 1 is 1.42 bits per heavy atom. The Labute approximate surface area is 126 Å². The standard InChI is InChI=1S/C13H19IN2O3/c1-3-10(4-2)15(7-8-17)11-5-6-13(16(18)19)12(14)9-11/h5-6,9-10,17H,3-4,7-8H2,1-2H3. The predicted molar refractivity (Wildman–Crippen MR) is 84.6 cm³/mol. The number of anilines is 1. The SMILES string of the molecule is CCC(CC)N(CCO)c1ccc([N+](=O)[O-])c(I)c1. The number of aliphatic hydroxyl groups excluding tert-OH is 1. The Balaban J connectivity index is 3.09. The Hall–Kier alpha value is -0.890. The first kappa shape index (κ1) is 16.2. The summed E-state index contributed by atoms with van der Waals surface area (Å²) in [6.45, 7) is 4.83. The number of halogens is 1. The summed E-state index contributed by atoms with van der Waals surface area (Å²) in [6, 6.07) is 5.44. The second-order valence-corrected chi connectivity index (χ2v) is 5.44. The monoisotopic (exact) mass is 378 g/mol. The van der Waals surface area contributed by atoms with Gasteiger partial charge >= 0.3 is 0 Å². The molecule has 0 aliphatic rings. The molecule has 0 saturated heterocycles. The van der Waals surface area contributed by atoms with E-state index < -0.39 is 0 Å². The van der Waals surface area contributed by atoms with E-state index in [0.29, 0.717) is 16.2 Å². The minimum absolute atomic E-state index is 0.0735. The van der Waals surface area contributed by atoms with E-state index in [1.54, 1.807) is 6.07 Å². The van der Waals surface area contributed by atoms with Gasteiger partial charge < -0.3 is 10.0 Å². The number of nitro benzene ring substituents is 1. The Kier molecular flexibility index (Phi) is 6.50. The lowest BCUT2D eigenvalue weighted by Gasteiger charge is -2.32. The lowest BCUT2D eigenvalue weighted by molar-refractivity contribution is -0.385.